The van der Waals surface area contributed by atoms with Crippen molar-refractivity contribution in [3.63, 3.8) is 0 Å². The van der Waals surface area contributed by atoms with Crippen molar-refractivity contribution in [3.05, 3.63) is 56.3 Å². The highest BCUT2D eigenvalue weighted by molar-refractivity contribution is 9.10. The van der Waals surface area contributed by atoms with Gasteiger partial charge in [0, 0.05) is 28.1 Å². The van der Waals surface area contributed by atoms with E-state index in [-0.39, 0.29) is 23.0 Å². The lowest BCUT2D eigenvalue weighted by molar-refractivity contribution is -0.384. The number of nitrogens with one attached hydrogen (secondary N) is 1. The van der Waals surface area contributed by atoms with Crippen LogP contribution in [-0.2, 0) is 4.79 Å². The van der Waals surface area contributed by atoms with Gasteiger partial charge in [-0.2, -0.15) is 15.1 Å². The Morgan fingerprint density at radius 1 is 1.33 bits per heavy atom. The molecule has 2 aliphatic rings. The minimum absolute atomic E-state index is 0.0424. The molecule has 0 saturated heterocycles. The van der Waals surface area contributed by atoms with Crippen molar-refractivity contribution in [1.29, 1.82) is 5.41 Å². The van der Waals surface area contributed by atoms with Crippen LogP contribution < -0.4 is 0 Å². The molecular formula is C19H14BrN5O4S. The Morgan fingerprint density at radius 2 is 2.10 bits per heavy atom. The van der Waals surface area contributed by atoms with Crippen LogP contribution in [0.5, 0.6) is 0 Å². The van der Waals surface area contributed by atoms with Gasteiger partial charge in [-0.3, -0.25) is 20.3 Å². The predicted octanol–water partition coefficient (Wildman–Crippen LogP) is 4.89. The van der Waals surface area contributed by atoms with Crippen LogP contribution in [-0.4, -0.2) is 31.9 Å². The van der Waals surface area contributed by atoms with Gasteiger partial charge < -0.3 is 4.42 Å². The third-order valence-corrected chi connectivity index (χ3v) is 6.17. The third kappa shape index (κ3) is 3.61. The van der Waals surface area contributed by atoms with Gasteiger partial charge in [0.2, 0.25) is 5.17 Å². The van der Waals surface area contributed by atoms with Crippen LogP contribution in [0, 0.1) is 21.4 Å². The molecule has 9 nitrogen and oxygen atoms in total. The number of nitro benzene ring substituents is 1. The summed E-state index contributed by atoms with van der Waals surface area (Å²) in [6.07, 6.45) is 1.45. The normalized spacial score (nSPS) is 17.5. The molecular weight excluding hydrogens is 474 g/mol. The van der Waals surface area contributed by atoms with Crippen LogP contribution in [0.4, 0.5) is 5.69 Å². The zero-order valence-corrected chi connectivity index (χ0v) is 18.2. The van der Waals surface area contributed by atoms with Gasteiger partial charge >= 0.3 is 0 Å². The van der Waals surface area contributed by atoms with Crippen molar-refractivity contribution < 1.29 is 14.1 Å². The van der Waals surface area contributed by atoms with E-state index in [1.54, 1.807) is 18.2 Å². The van der Waals surface area contributed by atoms with E-state index in [4.69, 9.17) is 9.83 Å². The molecule has 1 N–H and O–H groups in total. The first kappa shape index (κ1) is 20.2. The summed E-state index contributed by atoms with van der Waals surface area (Å²) in [5.74, 6) is 0.365. The van der Waals surface area contributed by atoms with Crippen molar-refractivity contribution in [2.45, 2.75) is 13.8 Å². The summed E-state index contributed by atoms with van der Waals surface area (Å²) >= 11 is 4.60. The SMILES string of the molecule is CC(C)C1=NN2C(=N)C(=Cc3ccc(-c4ccc([N+](=O)[O-])cc4Br)o3)C(=O)N=C2S1. The smallest absolute Gasteiger partial charge is 0.283 e. The number of benzene rings is 1. The monoisotopic (exact) mass is 487 g/mol. The quantitative estimate of drug-likeness (QED) is 0.371. The van der Waals surface area contributed by atoms with E-state index < -0.39 is 10.8 Å². The molecule has 0 aliphatic carbocycles. The third-order valence-electron chi connectivity index (χ3n) is 4.31. The van der Waals surface area contributed by atoms with E-state index in [0.29, 0.717) is 26.7 Å². The largest absolute Gasteiger partial charge is 0.457 e. The molecule has 0 fully saturated rings. The molecule has 0 radical (unpaired) electrons. The topological polar surface area (TPSA) is 125 Å². The number of thioether (sulfide) groups is 1. The fraction of sp³-hybridized carbons (Fsp3) is 0.158. The minimum Gasteiger partial charge on any atom is -0.457 e. The molecule has 0 atom stereocenters. The van der Waals surface area contributed by atoms with Crippen molar-refractivity contribution in [2.24, 2.45) is 16.0 Å². The van der Waals surface area contributed by atoms with Crippen molar-refractivity contribution in [2.75, 3.05) is 0 Å². The second-order valence-corrected chi connectivity index (χ2v) is 8.58. The van der Waals surface area contributed by atoms with Gasteiger partial charge in [-0.15, -0.1) is 0 Å². The van der Waals surface area contributed by atoms with E-state index in [9.17, 15) is 14.9 Å². The average Bonchev–Trinajstić information content (AvgIpc) is 3.32. The van der Waals surface area contributed by atoms with Gasteiger partial charge in [0.15, 0.2) is 5.84 Å². The number of carbonyl (C=O) groups is 1. The van der Waals surface area contributed by atoms with Crippen LogP contribution in [0.25, 0.3) is 17.4 Å². The first-order valence-electron chi connectivity index (χ1n) is 8.79. The number of nitro groups is 1. The van der Waals surface area contributed by atoms with Crippen LogP contribution in [0.3, 0.4) is 0 Å². The summed E-state index contributed by atoms with van der Waals surface area (Å²) in [7, 11) is 0. The molecule has 0 spiro atoms. The Labute approximate surface area is 183 Å². The first-order chi connectivity index (χ1) is 14.2. The molecule has 4 rings (SSSR count). The number of carbonyl (C=O) groups excluding carboxylic acids is 1. The second kappa shape index (κ2) is 7.65. The van der Waals surface area contributed by atoms with E-state index in [0.717, 1.165) is 5.04 Å². The summed E-state index contributed by atoms with van der Waals surface area (Å²) in [6.45, 7) is 3.96. The van der Waals surface area contributed by atoms with Gasteiger partial charge in [-0.1, -0.05) is 13.8 Å². The van der Waals surface area contributed by atoms with Crippen LogP contribution in [0.1, 0.15) is 19.6 Å². The Hall–Kier alpha value is -3.05. The maximum absolute atomic E-state index is 12.5. The Morgan fingerprint density at radius 3 is 2.77 bits per heavy atom. The number of furan rings is 1. The summed E-state index contributed by atoms with van der Waals surface area (Å²) in [6, 6.07) is 7.68. The fourth-order valence-corrected chi connectivity index (χ4v) is 4.23. The number of non-ortho nitro benzene ring substituents is 1. The Bertz CT molecular complexity index is 1200. The highest BCUT2D eigenvalue weighted by Crippen LogP contribution is 2.34. The lowest BCUT2D eigenvalue weighted by Gasteiger charge is -2.19. The van der Waals surface area contributed by atoms with Crippen molar-refractivity contribution in [3.8, 4) is 11.3 Å². The molecule has 1 aromatic carbocycles. The van der Waals surface area contributed by atoms with Gasteiger partial charge in [0.25, 0.3) is 11.6 Å². The first-order valence-corrected chi connectivity index (χ1v) is 10.4. The molecule has 152 valence electrons. The fourth-order valence-electron chi connectivity index (χ4n) is 2.78. The number of fused-ring (bicyclic) bond motifs is 1. The zero-order chi connectivity index (χ0) is 21.6. The molecule has 2 aromatic rings. The van der Waals surface area contributed by atoms with E-state index in [2.05, 4.69) is 26.0 Å². The number of hydrazone groups is 1. The minimum atomic E-state index is -0.534. The summed E-state index contributed by atoms with van der Waals surface area (Å²) in [5.41, 5.74) is 0.647. The van der Waals surface area contributed by atoms with Crippen LogP contribution >= 0.6 is 27.7 Å². The summed E-state index contributed by atoms with van der Waals surface area (Å²) in [5, 5.41) is 26.2. The van der Waals surface area contributed by atoms with Crippen LogP contribution in [0.15, 0.2) is 54.9 Å². The maximum atomic E-state index is 12.5. The lowest BCUT2D eigenvalue weighted by atomic mass is 10.1. The Balaban J connectivity index is 1.64. The predicted molar refractivity (Wildman–Crippen MR) is 118 cm³/mol. The van der Waals surface area contributed by atoms with E-state index in [1.807, 2.05) is 13.8 Å². The molecule has 1 aromatic heterocycles. The molecule has 3 heterocycles. The molecule has 30 heavy (non-hydrogen) atoms. The van der Waals surface area contributed by atoms with Gasteiger partial charge in [-0.05, 0) is 52.0 Å². The zero-order valence-electron chi connectivity index (χ0n) is 15.7. The molecule has 0 bridgehead atoms. The van der Waals surface area contributed by atoms with Gasteiger partial charge in [0.05, 0.1) is 10.5 Å². The lowest BCUT2D eigenvalue weighted by Crippen LogP contribution is -2.35. The highest BCUT2D eigenvalue weighted by atomic mass is 79.9. The van der Waals surface area contributed by atoms with Crippen molar-refractivity contribution in [1.82, 2.24) is 5.01 Å². The number of amidine groups is 2. The molecule has 1 amide bonds. The second-order valence-electron chi connectivity index (χ2n) is 6.74. The average molecular weight is 488 g/mol. The van der Waals surface area contributed by atoms with Gasteiger partial charge in [-0.25, -0.2) is 0 Å². The number of nitrogens with zero attached hydrogens (tertiary/aromatic N) is 4. The van der Waals surface area contributed by atoms with Gasteiger partial charge in [0.1, 0.15) is 16.6 Å². The standard InChI is InChI=1S/C19H14BrN5O4S/c1-9(2)18-23-24-16(21)13(17(26)22-19(24)30-18)8-11-4-6-15(29-11)12-5-3-10(25(27)28)7-14(12)20/h3-9,21H,1-2H3. The summed E-state index contributed by atoms with van der Waals surface area (Å²) < 4.78 is 6.29. The maximum Gasteiger partial charge on any atom is 0.283 e. The number of aliphatic imine (C=N–C) groups is 1. The summed E-state index contributed by atoms with van der Waals surface area (Å²) in [4.78, 5) is 26.9. The molecule has 0 unspecified atom stereocenters. The molecule has 11 heteroatoms. The number of rotatable bonds is 4. The molecule has 2 aliphatic heterocycles. The highest BCUT2D eigenvalue weighted by Gasteiger charge is 2.36. The number of hydrogen-bond acceptors (Lipinski definition) is 7. The number of hydrogen-bond donors (Lipinski definition) is 1. The number of halogens is 1. The van der Waals surface area contributed by atoms with Crippen molar-refractivity contribution >= 4 is 61.4 Å². The Kier molecular flexibility index (Phi) is 5.16. The molecule has 0 saturated carbocycles. The van der Waals surface area contributed by atoms with E-state index >= 15 is 0 Å². The van der Waals surface area contributed by atoms with E-state index in [1.165, 1.54) is 35.0 Å². The van der Waals surface area contributed by atoms with Crippen LogP contribution in [0.2, 0.25) is 0 Å². The number of amides is 1.